The smallest absolute Gasteiger partial charge is 0.344 e. The molecule has 33 heavy (non-hydrogen) atoms. The molecule has 1 atom stereocenters. The summed E-state index contributed by atoms with van der Waals surface area (Å²) in [4.78, 5) is 25.3. The molecule has 1 aromatic carbocycles. The van der Waals surface area contributed by atoms with Gasteiger partial charge in [-0.2, -0.15) is 0 Å². The first-order chi connectivity index (χ1) is 15.6. The molecule has 0 radical (unpaired) electrons. The topological polar surface area (TPSA) is 115 Å². The number of sulfonamides is 1. The Morgan fingerprint density at radius 2 is 1.91 bits per heavy atom. The number of rotatable bonds is 13. The van der Waals surface area contributed by atoms with Crippen LogP contribution < -0.4 is 20.8 Å². The van der Waals surface area contributed by atoms with Crippen molar-refractivity contribution in [2.75, 3.05) is 12.4 Å². The van der Waals surface area contributed by atoms with Crippen LogP contribution in [-0.2, 0) is 23.6 Å². The van der Waals surface area contributed by atoms with Gasteiger partial charge in [-0.3, -0.25) is 4.98 Å². The average molecular weight is 485 g/mol. The quantitative estimate of drug-likeness (QED) is 0.423. The van der Waals surface area contributed by atoms with E-state index in [1.165, 1.54) is 22.5 Å². The van der Waals surface area contributed by atoms with Crippen LogP contribution in [0.15, 0.2) is 27.8 Å². The highest BCUT2D eigenvalue weighted by molar-refractivity contribution is 7.89. The summed E-state index contributed by atoms with van der Waals surface area (Å²) in [7, 11) is -2.09. The maximum absolute atomic E-state index is 14.2. The van der Waals surface area contributed by atoms with E-state index in [9.17, 15) is 22.4 Å². The first-order valence-corrected chi connectivity index (χ1v) is 13.0. The molecule has 0 unspecified atom stereocenters. The summed E-state index contributed by atoms with van der Waals surface area (Å²) < 4.78 is 50.4. The van der Waals surface area contributed by atoms with Crippen LogP contribution in [0.4, 0.5) is 4.39 Å². The lowest BCUT2D eigenvalue weighted by Gasteiger charge is -2.23. The van der Waals surface area contributed by atoms with Crippen molar-refractivity contribution in [3.05, 3.63) is 50.5 Å². The van der Waals surface area contributed by atoms with Gasteiger partial charge in [0.15, 0.2) is 11.6 Å². The number of benzene rings is 1. The lowest BCUT2D eigenvalue weighted by molar-refractivity contribution is 0.284. The maximum Gasteiger partial charge on any atom is 0.344 e. The standard InChI is InChI=1S/C22H33FN4O5S/c1-15(2)20(17-9-10-18(23)19(13-17)32-14-16-7-8-16)25-33(30,31)12-6-4-5-11-27-22(29)24-21(28)26(27)3/h9-10,13,15-16,20,25H,4-8,11-12,14H2,1-3H3,(H,24,28,29)/t20-/m1/s1. The van der Waals surface area contributed by atoms with Crippen molar-refractivity contribution in [3.8, 4) is 5.75 Å². The second kappa shape index (κ2) is 10.7. The number of aromatic amines is 1. The maximum atomic E-state index is 14.2. The summed E-state index contributed by atoms with van der Waals surface area (Å²) in [6.45, 7) is 4.61. The van der Waals surface area contributed by atoms with Crippen molar-refractivity contribution in [1.82, 2.24) is 19.1 Å². The summed E-state index contributed by atoms with van der Waals surface area (Å²) in [5.74, 6) is 0.0579. The number of nitrogens with zero attached hydrogens (tertiary/aromatic N) is 2. The molecule has 1 fully saturated rings. The molecule has 0 amide bonds. The molecule has 9 nitrogen and oxygen atoms in total. The highest BCUT2D eigenvalue weighted by Crippen LogP contribution is 2.32. The number of nitrogens with one attached hydrogen (secondary N) is 2. The van der Waals surface area contributed by atoms with Gasteiger partial charge in [0.25, 0.3) is 0 Å². The van der Waals surface area contributed by atoms with Crippen molar-refractivity contribution in [3.63, 3.8) is 0 Å². The van der Waals surface area contributed by atoms with E-state index in [1.54, 1.807) is 12.1 Å². The first kappa shape index (κ1) is 25.2. The Balaban J connectivity index is 1.55. The molecule has 0 bridgehead atoms. The van der Waals surface area contributed by atoms with Crippen molar-refractivity contribution >= 4 is 10.0 Å². The number of aromatic nitrogens is 3. The summed E-state index contributed by atoms with van der Waals surface area (Å²) >= 11 is 0. The van der Waals surface area contributed by atoms with Gasteiger partial charge >= 0.3 is 11.4 Å². The fraction of sp³-hybridized carbons (Fsp3) is 0.636. The predicted octanol–water partition coefficient (Wildman–Crippen LogP) is 2.29. The zero-order chi connectivity index (χ0) is 24.2. The van der Waals surface area contributed by atoms with Gasteiger partial charge in [-0.25, -0.2) is 36.5 Å². The third-order valence-electron chi connectivity index (χ3n) is 5.85. The summed E-state index contributed by atoms with van der Waals surface area (Å²) in [6, 6.07) is 3.99. The SMILES string of the molecule is CC(C)[C@@H](NS(=O)(=O)CCCCCn1c(=O)[nH]c(=O)n1C)c1ccc(F)c(OCC2CC2)c1. The van der Waals surface area contributed by atoms with Gasteiger partial charge in [-0.05, 0) is 55.2 Å². The first-order valence-electron chi connectivity index (χ1n) is 11.4. The van der Waals surface area contributed by atoms with Crippen molar-refractivity contribution in [2.24, 2.45) is 18.9 Å². The Morgan fingerprint density at radius 3 is 2.52 bits per heavy atom. The monoisotopic (exact) mass is 484 g/mol. The van der Waals surface area contributed by atoms with Crippen LogP contribution >= 0.6 is 0 Å². The molecule has 1 saturated carbocycles. The van der Waals surface area contributed by atoms with Gasteiger partial charge in [-0.15, -0.1) is 0 Å². The van der Waals surface area contributed by atoms with Crippen LogP contribution in [0.2, 0.25) is 0 Å². The van der Waals surface area contributed by atoms with E-state index in [4.69, 9.17) is 4.74 Å². The fourth-order valence-corrected chi connectivity index (χ4v) is 5.12. The lowest BCUT2D eigenvalue weighted by atomic mass is 9.97. The van der Waals surface area contributed by atoms with Crippen LogP contribution in [0.1, 0.15) is 57.6 Å². The van der Waals surface area contributed by atoms with E-state index in [-0.39, 0.29) is 17.4 Å². The molecule has 3 rings (SSSR count). The second-order valence-electron chi connectivity index (χ2n) is 9.05. The van der Waals surface area contributed by atoms with Gasteiger partial charge in [0.05, 0.1) is 12.4 Å². The van der Waals surface area contributed by atoms with Crippen molar-refractivity contribution < 1.29 is 17.5 Å². The molecule has 1 heterocycles. The van der Waals surface area contributed by atoms with Crippen LogP contribution in [0.5, 0.6) is 5.75 Å². The van der Waals surface area contributed by atoms with Gasteiger partial charge < -0.3 is 4.74 Å². The Hall–Kier alpha value is -2.40. The van der Waals surface area contributed by atoms with Crippen LogP contribution in [0, 0.1) is 17.7 Å². The van der Waals surface area contributed by atoms with E-state index in [0.717, 1.165) is 12.8 Å². The molecule has 2 aromatic rings. The normalized spacial score (nSPS) is 15.2. The highest BCUT2D eigenvalue weighted by Gasteiger charge is 2.25. The summed E-state index contributed by atoms with van der Waals surface area (Å²) in [5.41, 5.74) is -0.293. The molecule has 1 aliphatic rings. The van der Waals surface area contributed by atoms with Gasteiger partial charge in [0.1, 0.15) is 0 Å². The van der Waals surface area contributed by atoms with Gasteiger partial charge in [0.2, 0.25) is 10.0 Å². The molecule has 1 aliphatic carbocycles. The minimum atomic E-state index is -3.58. The molecular formula is C22H33FN4O5S. The van der Waals surface area contributed by atoms with Crippen LogP contribution in [0.25, 0.3) is 0 Å². The number of ether oxygens (including phenoxy) is 1. The summed E-state index contributed by atoms with van der Waals surface area (Å²) in [5, 5.41) is 0. The average Bonchev–Trinajstić information content (AvgIpc) is 3.54. The van der Waals surface area contributed by atoms with Crippen LogP contribution in [0.3, 0.4) is 0 Å². The molecule has 0 spiro atoms. The Bertz CT molecular complexity index is 1160. The van der Waals surface area contributed by atoms with Gasteiger partial charge in [-0.1, -0.05) is 26.3 Å². The zero-order valence-electron chi connectivity index (χ0n) is 19.3. The molecule has 11 heteroatoms. The number of hydrogen-bond donors (Lipinski definition) is 2. The second-order valence-corrected chi connectivity index (χ2v) is 10.9. The Labute approximate surface area is 193 Å². The number of hydrogen-bond acceptors (Lipinski definition) is 5. The van der Waals surface area contributed by atoms with E-state index >= 15 is 0 Å². The molecule has 184 valence electrons. The predicted molar refractivity (Wildman–Crippen MR) is 123 cm³/mol. The third kappa shape index (κ3) is 7.04. The molecular weight excluding hydrogens is 451 g/mol. The third-order valence-corrected chi connectivity index (χ3v) is 7.29. The summed E-state index contributed by atoms with van der Waals surface area (Å²) in [6.07, 6.45) is 3.74. The largest absolute Gasteiger partial charge is 0.490 e. The lowest BCUT2D eigenvalue weighted by Crippen LogP contribution is -2.33. The molecule has 1 aromatic heterocycles. The van der Waals surface area contributed by atoms with E-state index < -0.39 is 33.3 Å². The number of halogens is 1. The van der Waals surface area contributed by atoms with Crippen molar-refractivity contribution in [1.29, 1.82) is 0 Å². The fourth-order valence-electron chi connectivity index (χ4n) is 3.62. The zero-order valence-corrected chi connectivity index (χ0v) is 20.2. The number of unbranched alkanes of at least 4 members (excludes halogenated alkanes) is 2. The highest BCUT2D eigenvalue weighted by atomic mass is 32.2. The van der Waals surface area contributed by atoms with Crippen molar-refractivity contribution in [2.45, 2.75) is 58.5 Å². The van der Waals surface area contributed by atoms with E-state index in [0.29, 0.717) is 43.9 Å². The molecule has 0 aliphatic heterocycles. The van der Waals surface area contributed by atoms with E-state index in [1.807, 2.05) is 13.8 Å². The molecule has 0 saturated heterocycles. The van der Waals surface area contributed by atoms with E-state index in [2.05, 4.69) is 9.71 Å². The number of H-pyrrole nitrogens is 1. The minimum absolute atomic E-state index is 0.0525. The van der Waals surface area contributed by atoms with Crippen LogP contribution in [-0.4, -0.2) is 35.1 Å². The Kier molecular flexibility index (Phi) is 8.17. The Morgan fingerprint density at radius 1 is 1.18 bits per heavy atom. The van der Waals surface area contributed by atoms with Gasteiger partial charge in [0, 0.05) is 19.6 Å². The molecule has 2 N–H and O–H groups in total. The minimum Gasteiger partial charge on any atom is -0.490 e.